The van der Waals surface area contributed by atoms with Crippen molar-refractivity contribution in [1.29, 1.82) is 0 Å². The quantitative estimate of drug-likeness (QED) is 0.200. The Kier molecular flexibility index (Phi) is 11.6. The molecule has 0 fully saturated rings. The van der Waals surface area contributed by atoms with Gasteiger partial charge in [0.15, 0.2) is 18.3 Å². The normalized spacial score (nSPS) is 10.2. The van der Waals surface area contributed by atoms with Crippen LogP contribution < -0.4 is 20.7 Å². The first-order valence-electron chi connectivity index (χ1n) is 12.4. The summed E-state index contributed by atoms with van der Waals surface area (Å²) in [7, 11) is 0. The van der Waals surface area contributed by atoms with Crippen LogP contribution in [-0.2, 0) is 30.3 Å². The molecule has 1 heterocycles. The maximum Gasteiger partial charge on any atom is 0.344 e. The second-order valence-corrected chi connectivity index (χ2v) is 8.83. The number of hydrogen-bond donors (Lipinski definition) is 3. The molecule has 13 nitrogen and oxygen atoms in total. The molecular formula is C27H28N4O9S. The number of amides is 3. The first-order chi connectivity index (χ1) is 19.8. The van der Waals surface area contributed by atoms with Crippen LogP contribution in [0, 0.1) is 0 Å². The number of thiazole rings is 1. The Morgan fingerprint density at radius 3 is 2.27 bits per heavy atom. The number of hydrogen-bond acceptors (Lipinski definition) is 11. The Bertz CT molecular complexity index is 1380. The third-order valence-corrected chi connectivity index (χ3v) is 5.75. The zero-order valence-electron chi connectivity index (χ0n) is 22.3. The van der Waals surface area contributed by atoms with Crippen LogP contribution in [0.25, 0.3) is 0 Å². The lowest BCUT2D eigenvalue weighted by Gasteiger charge is -2.13. The predicted octanol–water partition coefficient (Wildman–Crippen LogP) is 3.38. The molecule has 0 aliphatic carbocycles. The Labute approximate surface area is 239 Å². The van der Waals surface area contributed by atoms with Crippen molar-refractivity contribution in [3.63, 3.8) is 0 Å². The van der Waals surface area contributed by atoms with Gasteiger partial charge < -0.3 is 29.6 Å². The summed E-state index contributed by atoms with van der Waals surface area (Å²) in [5.74, 6) is -3.01. The molecule has 41 heavy (non-hydrogen) atoms. The molecular weight excluding hydrogens is 556 g/mol. The van der Waals surface area contributed by atoms with Crippen molar-refractivity contribution in [3.05, 3.63) is 70.7 Å². The minimum atomic E-state index is -0.949. The zero-order valence-corrected chi connectivity index (χ0v) is 23.1. The third-order valence-electron chi connectivity index (χ3n) is 4.99. The second kappa shape index (κ2) is 15.6. The Morgan fingerprint density at radius 2 is 1.56 bits per heavy atom. The van der Waals surface area contributed by atoms with Crippen molar-refractivity contribution < 1.29 is 42.9 Å². The van der Waals surface area contributed by atoms with E-state index in [1.807, 2.05) is 30.3 Å². The highest BCUT2D eigenvalue weighted by atomic mass is 32.1. The number of benzene rings is 2. The summed E-state index contributed by atoms with van der Waals surface area (Å²) in [4.78, 5) is 65.1. The van der Waals surface area contributed by atoms with Crippen LogP contribution in [0.1, 0.15) is 40.3 Å². The smallest absolute Gasteiger partial charge is 0.344 e. The van der Waals surface area contributed by atoms with Crippen molar-refractivity contribution in [1.82, 2.24) is 10.3 Å². The SMILES string of the molecule is CCOC(=O)COC(=O)c1cc(NC(=O)c2csc(NC(=O)NCc3ccccc3)n2)ccc1OCC(=O)OCC. The molecule has 0 saturated heterocycles. The fourth-order valence-corrected chi connectivity index (χ4v) is 3.87. The molecule has 0 radical (unpaired) electrons. The minimum absolute atomic E-state index is 0.0161. The van der Waals surface area contributed by atoms with Crippen LogP contribution >= 0.6 is 11.3 Å². The molecule has 3 amide bonds. The summed E-state index contributed by atoms with van der Waals surface area (Å²) in [6.45, 7) is 2.69. The molecule has 0 bridgehead atoms. The van der Waals surface area contributed by atoms with Gasteiger partial charge in [0.25, 0.3) is 5.91 Å². The Balaban J connectivity index is 1.65. The summed E-state index contributed by atoms with van der Waals surface area (Å²) in [6, 6.07) is 12.9. The van der Waals surface area contributed by atoms with Crippen LogP contribution in [0.3, 0.4) is 0 Å². The van der Waals surface area contributed by atoms with E-state index >= 15 is 0 Å². The van der Waals surface area contributed by atoms with Gasteiger partial charge in [0.2, 0.25) is 0 Å². The number of carbonyl (C=O) groups is 5. The summed E-state index contributed by atoms with van der Waals surface area (Å²) in [6.07, 6.45) is 0. The number of nitrogens with one attached hydrogen (secondary N) is 3. The zero-order chi connectivity index (χ0) is 29.6. The van der Waals surface area contributed by atoms with Crippen LogP contribution in [0.2, 0.25) is 0 Å². The van der Waals surface area contributed by atoms with E-state index in [1.54, 1.807) is 13.8 Å². The van der Waals surface area contributed by atoms with Crippen molar-refractivity contribution in [2.75, 3.05) is 37.1 Å². The van der Waals surface area contributed by atoms with Crippen molar-refractivity contribution >= 4 is 52.0 Å². The van der Waals surface area contributed by atoms with E-state index in [0.717, 1.165) is 16.9 Å². The summed E-state index contributed by atoms with van der Waals surface area (Å²) in [5.41, 5.74) is 0.947. The molecule has 0 aliphatic rings. The molecule has 0 atom stereocenters. The molecule has 216 valence electrons. The highest BCUT2D eigenvalue weighted by molar-refractivity contribution is 7.14. The lowest BCUT2D eigenvalue weighted by molar-refractivity contribution is -0.146. The molecule has 0 saturated carbocycles. The van der Waals surface area contributed by atoms with E-state index in [9.17, 15) is 24.0 Å². The maximum absolute atomic E-state index is 12.8. The van der Waals surface area contributed by atoms with E-state index in [1.165, 1.54) is 23.6 Å². The molecule has 1 aromatic heterocycles. The van der Waals surface area contributed by atoms with E-state index < -0.39 is 43.1 Å². The number of esters is 3. The predicted molar refractivity (Wildman–Crippen MR) is 148 cm³/mol. The molecule has 0 aliphatic heterocycles. The van der Waals surface area contributed by atoms with Gasteiger partial charge in [-0.15, -0.1) is 11.3 Å². The third kappa shape index (κ3) is 9.93. The standard InChI is InChI=1S/C27H28N4O9S/c1-3-37-22(32)14-39-21-11-10-18(12-19(21)25(35)40-15-23(33)38-4-2)29-24(34)20-16-41-27(30-20)31-26(36)28-13-17-8-6-5-7-9-17/h5-12,16H,3-4,13-15H2,1-2H3,(H,29,34)(H2,28,30,31,36). The second-order valence-electron chi connectivity index (χ2n) is 7.97. The minimum Gasteiger partial charge on any atom is -0.481 e. The van der Waals surface area contributed by atoms with Crippen molar-refractivity contribution in [2.24, 2.45) is 0 Å². The number of ether oxygens (including phenoxy) is 4. The summed E-state index contributed by atoms with van der Waals surface area (Å²) < 4.78 is 20.0. The van der Waals surface area contributed by atoms with E-state index in [0.29, 0.717) is 6.54 Å². The van der Waals surface area contributed by atoms with E-state index in [-0.39, 0.29) is 41.0 Å². The molecule has 14 heteroatoms. The molecule has 3 rings (SSSR count). The number of rotatable bonds is 13. The number of urea groups is 1. The molecule has 0 spiro atoms. The van der Waals surface area contributed by atoms with Crippen molar-refractivity contribution in [3.8, 4) is 5.75 Å². The van der Waals surface area contributed by atoms with Gasteiger partial charge in [-0.1, -0.05) is 30.3 Å². The average molecular weight is 585 g/mol. The van der Waals surface area contributed by atoms with Gasteiger partial charge in [-0.3, -0.25) is 10.1 Å². The number of aromatic nitrogens is 1. The van der Waals surface area contributed by atoms with Crippen LogP contribution in [0.15, 0.2) is 53.9 Å². The fourth-order valence-electron chi connectivity index (χ4n) is 3.19. The molecule has 2 aromatic carbocycles. The maximum atomic E-state index is 12.8. The highest BCUT2D eigenvalue weighted by Crippen LogP contribution is 2.25. The van der Waals surface area contributed by atoms with Gasteiger partial charge in [0.1, 0.15) is 17.0 Å². The number of anilines is 2. The van der Waals surface area contributed by atoms with Gasteiger partial charge in [0, 0.05) is 17.6 Å². The topological polar surface area (TPSA) is 171 Å². The molecule has 0 unspecified atom stereocenters. The molecule has 3 N–H and O–H groups in total. The lowest BCUT2D eigenvalue weighted by atomic mass is 10.1. The summed E-state index contributed by atoms with van der Waals surface area (Å²) in [5, 5.41) is 9.52. The van der Waals surface area contributed by atoms with Gasteiger partial charge in [0.05, 0.1) is 13.2 Å². The van der Waals surface area contributed by atoms with Gasteiger partial charge in [-0.2, -0.15) is 0 Å². The van der Waals surface area contributed by atoms with Crippen molar-refractivity contribution in [2.45, 2.75) is 20.4 Å². The van der Waals surface area contributed by atoms with Gasteiger partial charge in [-0.25, -0.2) is 24.2 Å². The van der Waals surface area contributed by atoms with Crippen LogP contribution in [0.5, 0.6) is 5.75 Å². The Hall–Kier alpha value is -4.98. The first-order valence-corrected chi connectivity index (χ1v) is 13.3. The first kappa shape index (κ1) is 30.6. The largest absolute Gasteiger partial charge is 0.481 e. The average Bonchev–Trinajstić information content (AvgIpc) is 3.43. The molecule has 3 aromatic rings. The monoisotopic (exact) mass is 584 g/mol. The summed E-state index contributed by atoms with van der Waals surface area (Å²) >= 11 is 1.05. The van der Waals surface area contributed by atoms with E-state index in [4.69, 9.17) is 18.9 Å². The van der Waals surface area contributed by atoms with Gasteiger partial charge >= 0.3 is 23.9 Å². The lowest BCUT2D eigenvalue weighted by Crippen LogP contribution is -2.28. The Morgan fingerprint density at radius 1 is 0.854 bits per heavy atom. The van der Waals surface area contributed by atoms with E-state index in [2.05, 4.69) is 20.9 Å². The fraction of sp³-hybridized carbons (Fsp3) is 0.259. The van der Waals surface area contributed by atoms with Crippen LogP contribution in [0.4, 0.5) is 15.6 Å². The highest BCUT2D eigenvalue weighted by Gasteiger charge is 2.20. The van der Waals surface area contributed by atoms with Crippen LogP contribution in [-0.4, -0.2) is 61.3 Å². The number of nitrogens with zero attached hydrogens (tertiary/aromatic N) is 1. The van der Waals surface area contributed by atoms with Gasteiger partial charge in [-0.05, 0) is 37.6 Å². The number of carbonyl (C=O) groups excluding carboxylic acids is 5.